The number of rotatable bonds is 7. The average Bonchev–Trinajstić information content (AvgIpc) is 2.54. The summed E-state index contributed by atoms with van der Waals surface area (Å²) in [7, 11) is 0. The number of carbonyl (C=O) groups is 3. The van der Waals surface area contributed by atoms with E-state index in [2.05, 4.69) is 5.32 Å². The fraction of sp³-hybridized carbons (Fsp3) is 0.167. The number of amides is 1. The molecule has 0 spiro atoms. The van der Waals surface area contributed by atoms with Gasteiger partial charge in [-0.05, 0) is 29.7 Å². The van der Waals surface area contributed by atoms with E-state index >= 15 is 0 Å². The molecule has 0 aromatic heterocycles. The van der Waals surface area contributed by atoms with E-state index in [-0.39, 0.29) is 12.3 Å². The fourth-order valence-corrected chi connectivity index (χ4v) is 2.11. The minimum atomic E-state index is -1.41. The molecule has 118 valence electrons. The van der Waals surface area contributed by atoms with Crippen molar-refractivity contribution in [1.29, 1.82) is 0 Å². The lowest BCUT2D eigenvalue weighted by atomic mass is 10.1. The van der Waals surface area contributed by atoms with Crippen LogP contribution in [0.15, 0.2) is 54.6 Å². The summed E-state index contributed by atoms with van der Waals surface area (Å²) in [4.78, 5) is 33.4. The van der Waals surface area contributed by atoms with Gasteiger partial charge in [0, 0.05) is 12.1 Å². The van der Waals surface area contributed by atoms with E-state index in [0.717, 1.165) is 11.1 Å². The topological polar surface area (TPSA) is 83.5 Å². The average molecular weight is 311 g/mol. The number of nitrogens with one attached hydrogen (secondary N) is 1. The molecule has 0 aliphatic heterocycles. The Kier molecular flexibility index (Phi) is 5.63. The van der Waals surface area contributed by atoms with Crippen molar-refractivity contribution in [3.05, 3.63) is 65.7 Å². The Morgan fingerprint density at radius 1 is 0.870 bits per heavy atom. The van der Waals surface area contributed by atoms with Crippen LogP contribution in [0.5, 0.6) is 0 Å². The zero-order valence-corrected chi connectivity index (χ0v) is 12.5. The van der Waals surface area contributed by atoms with Gasteiger partial charge in [0.25, 0.3) is 0 Å². The molecule has 0 atom stereocenters. The minimum Gasteiger partial charge on any atom is -0.476 e. The second-order valence-corrected chi connectivity index (χ2v) is 5.14. The van der Waals surface area contributed by atoms with Crippen LogP contribution >= 0.6 is 0 Å². The molecule has 0 bridgehead atoms. The van der Waals surface area contributed by atoms with Gasteiger partial charge in [0.15, 0.2) is 0 Å². The van der Waals surface area contributed by atoms with Crippen LogP contribution in [0.25, 0.3) is 0 Å². The van der Waals surface area contributed by atoms with Gasteiger partial charge in [0.2, 0.25) is 11.7 Å². The number of carbonyl (C=O) groups excluding carboxylic acids is 2. The van der Waals surface area contributed by atoms with Gasteiger partial charge in [-0.1, -0.05) is 42.5 Å². The van der Waals surface area contributed by atoms with Gasteiger partial charge >= 0.3 is 5.97 Å². The molecule has 23 heavy (non-hydrogen) atoms. The van der Waals surface area contributed by atoms with Gasteiger partial charge in [-0.2, -0.15) is 0 Å². The number of ketones is 1. The predicted octanol–water partition coefficient (Wildman–Crippen LogP) is 2.45. The molecule has 0 aliphatic rings. The number of aliphatic carboxylic acids is 1. The van der Waals surface area contributed by atoms with Crippen molar-refractivity contribution in [3.8, 4) is 0 Å². The van der Waals surface area contributed by atoms with Gasteiger partial charge < -0.3 is 10.4 Å². The number of Topliss-reactive ketones (excluding diaryl/α,β-unsaturated/α-hetero) is 1. The first-order valence-corrected chi connectivity index (χ1v) is 7.23. The summed E-state index contributed by atoms with van der Waals surface area (Å²) in [5, 5.41) is 11.3. The predicted molar refractivity (Wildman–Crippen MR) is 86.2 cm³/mol. The van der Waals surface area contributed by atoms with E-state index in [1.807, 2.05) is 30.3 Å². The zero-order chi connectivity index (χ0) is 16.7. The Morgan fingerprint density at radius 2 is 1.52 bits per heavy atom. The molecule has 0 heterocycles. The smallest absolute Gasteiger partial charge is 0.372 e. The van der Waals surface area contributed by atoms with E-state index in [4.69, 9.17) is 5.11 Å². The largest absolute Gasteiger partial charge is 0.476 e. The SMILES string of the molecule is O=C(Cc1ccccc1)Nc1ccc(CCC(=O)C(=O)O)cc1. The zero-order valence-electron chi connectivity index (χ0n) is 12.5. The van der Waals surface area contributed by atoms with Crippen LogP contribution in [0.4, 0.5) is 5.69 Å². The summed E-state index contributed by atoms with van der Waals surface area (Å²) < 4.78 is 0. The number of anilines is 1. The number of aryl methyl sites for hydroxylation is 1. The van der Waals surface area contributed by atoms with Gasteiger partial charge in [0.1, 0.15) is 0 Å². The van der Waals surface area contributed by atoms with Crippen LogP contribution in [0.3, 0.4) is 0 Å². The maximum Gasteiger partial charge on any atom is 0.372 e. The highest BCUT2D eigenvalue weighted by Gasteiger charge is 2.11. The van der Waals surface area contributed by atoms with Gasteiger partial charge in [0.05, 0.1) is 6.42 Å². The molecular weight excluding hydrogens is 294 g/mol. The highest BCUT2D eigenvalue weighted by atomic mass is 16.4. The molecular formula is C18H17NO4. The molecule has 0 saturated carbocycles. The molecule has 0 fully saturated rings. The molecule has 2 aromatic carbocycles. The van der Waals surface area contributed by atoms with Crippen LogP contribution in [0.1, 0.15) is 17.5 Å². The first-order chi connectivity index (χ1) is 11.0. The molecule has 1 amide bonds. The number of benzene rings is 2. The molecule has 0 radical (unpaired) electrons. The van der Waals surface area contributed by atoms with Crippen LogP contribution in [0.2, 0.25) is 0 Å². The van der Waals surface area contributed by atoms with E-state index in [1.165, 1.54) is 0 Å². The lowest BCUT2D eigenvalue weighted by Gasteiger charge is -2.06. The van der Waals surface area contributed by atoms with Crippen molar-refractivity contribution in [2.75, 3.05) is 5.32 Å². The van der Waals surface area contributed by atoms with Crippen LogP contribution in [0, 0.1) is 0 Å². The normalized spacial score (nSPS) is 10.1. The summed E-state index contributed by atoms with van der Waals surface area (Å²) in [5.74, 6) is -2.31. The van der Waals surface area contributed by atoms with E-state index < -0.39 is 11.8 Å². The van der Waals surface area contributed by atoms with Crippen molar-refractivity contribution in [1.82, 2.24) is 0 Å². The maximum absolute atomic E-state index is 11.9. The lowest BCUT2D eigenvalue weighted by molar-refractivity contribution is -0.149. The van der Waals surface area contributed by atoms with Crippen LogP contribution < -0.4 is 5.32 Å². The summed E-state index contributed by atoms with van der Waals surface area (Å²) in [6.07, 6.45) is 0.633. The van der Waals surface area contributed by atoms with Crippen LogP contribution in [-0.2, 0) is 27.2 Å². The molecule has 5 nitrogen and oxygen atoms in total. The Hall–Kier alpha value is -2.95. The highest BCUT2D eigenvalue weighted by molar-refractivity contribution is 6.32. The molecule has 0 unspecified atom stereocenters. The third-order valence-electron chi connectivity index (χ3n) is 3.32. The van der Waals surface area contributed by atoms with Gasteiger partial charge in [-0.3, -0.25) is 9.59 Å². The fourth-order valence-electron chi connectivity index (χ4n) is 2.11. The number of carboxylic acid groups (broad SMARTS) is 1. The number of hydrogen-bond donors (Lipinski definition) is 2. The quantitative estimate of drug-likeness (QED) is 0.769. The Morgan fingerprint density at radius 3 is 2.13 bits per heavy atom. The lowest BCUT2D eigenvalue weighted by Crippen LogP contribution is -2.14. The summed E-state index contributed by atoms with van der Waals surface area (Å²) in [6.45, 7) is 0. The molecule has 5 heteroatoms. The third kappa shape index (κ3) is 5.39. The van der Waals surface area contributed by atoms with Gasteiger partial charge in [-0.25, -0.2) is 4.79 Å². The Bertz CT molecular complexity index is 693. The maximum atomic E-state index is 11.9. The first kappa shape index (κ1) is 16.4. The Labute approximate surface area is 134 Å². The number of carboxylic acids is 1. The van der Waals surface area contributed by atoms with Crippen molar-refractivity contribution in [3.63, 3.8) is 0 Å². The number of hydrogen-bond acceptors (Lipinski definition) is 3. The highest BCUT2D eigenvalue weighted by Crippen LogP contribution is 2.12. The molecule has 0 saturated heterocycles. The standard InChI is InChI=1S/C18H17NO4/c20-16(18(22)23)11-8-13-6-9-15(10-7-13)19-17(21)12-14-4-2-1-3-5-14/h1-7,9-10H,8,11-12H2,(H,19,21)(H,22,23). The second-order valence-electron chi connectivity index (χ2n) is 5.14. The Balaban J connectivity index is 1.86. The van der Waals surface area contributed by atoms with E-state index in [9.17, 15) is 14.4 Å². The van der Waals surface area contributed by atoms with Crippen molar-refractivity contribution in [2.24, 2.45) is 0 Å². The third-order valence-corrected chi connectivity index (χ3v) is 3.32. The van der Waals surface area contributed by atoms with Gasteiger partial charge in [-0.15, -0.1) is 0 Å². The first-order valence-electron chi connectivity index (χ1n) is 7.23. The summed E-state index contributed by atoms with van der Waals surface area (Å²) in [6, 6.07) is 16.5. The van der Waals surface area contributed by atoms with E-state index in [0.29, 0.717) is 18.5 Å². The molecule has 2 rings (SSSR count). The van der Waals surface area contributed by atoms with Crippen molar-refractivity contribution >= 4 is 23.3 Å². The summed E-state index contributed by atoms with van der Waals surface area (Å²) >= 11 is 0. The molecule has 2 N–H and O–H groups in total. The second kappa shape index (κ2) is 7.89. The minimum absolute atomic E-state index is 0.0327. The van der Waals surface area contributed by atoms with Crippen LogP contribution in [-0.4, -0.2) is 22.8 Å². The van der Waals surface area contributed by atoms with Crippen molar-refractivity contribution < 1.29 is 19.5 Å². The molecule has 0 aliphatic carbocycles. The summed E-state index contributed by atoms with van der Waals surface area (Å²) in [5.41, 5.74) is 2.45. The molecule has 2 aromatic rings. The monoisotopic (exact) mass is 311 g/mol. The van der Waals surface area contributed by atoms with Crippen molar-refractivity contribution in [2.45, 2.75) is 19.3 Å². The van der Waals surface area contributed by atoms with E-state index in [1.54, 1.807) is 24.3 Å².